The van der Waals surface area contributed by atoms with Gasteiger partial charge >= 0.3 is 0 Å². The Morgan fingerprint density at radius 2 is 1.92 bits per heavy atom. The number of halogens is 1. The molecule has 1 heterocycles. The number of benzene rings is 1. The second kappa shape index (κ2) is 7.61. The fraction of sp³-hybridized carbons (Fsp3) is 0.500. The van der Waals surface area contributed by atoms with E-state index in [2.05, 4.69) is 5.32 Å². The van der Waals surface area contributed by atoms with Crippen LogP contribution in [0.3, 0.4) is 0 Å². The molecule has 1 aliphatic rings. The molecule has 0 aromatic heterocycles. The van der Waals surface area contributed by atoms with Gasteiger partial charge < -0.3 is 10.2 Å². The van der Waals surface area contributed by atoms with Crippen LogP contribution in [-0.4, -0.2) is 40.8 Å². The number of hydrogen-bond donors (Lipinski definition) is 1. The molecule has 2 rings (SSSR count). The van der Waals surface area contributed by atoms with Crippen molar-refractivity contribution >= 4 is 29.1 Å². The van der Waals surface area contributed by atoms with Crippen LogP contribution < -0.4 is 5.32 Å². The van der Waals surface area contributed by atoms with Crippen LogP contribution in [0.15, 0.2) is 18.2 Å². The van der Waals surface area contributed by atoms with Gasteiger partial charge in [-0.25, -0.2) is 0 Å². The molecular weight excluding hydrogens is 334 g/mol. The molecule has 0 saturated carbocycles. The van der Waals surface area contributed by atoms with Gasteiger partial charge in [-0.05, 0) is 24.8 Å². The zero-order valence-electron chi connectivity index (χ0n) is 13.6. The molecule has 0 spiro atoms. The third-order valence-corrected chi connectivity index (χ3v) is 4.36. The lowest BCUT2D eigenvalue weighted by Gasteiger charge is -2.26. The molecule has 7 nitrogen and oxygen atoms in total. The molecule has 1 saturated heterocycles. The lowest BCUT2D eigenvalue weighted by Crippen LogP contribution is -2.50. The number of rotatable bonds is 5. The summed E-state index contributed by atoms with van der Waals surface area (Å²) >= 11 is 5.98. The van der Waals surface area contributed by atoms with Crippen molar-refractivity contribution in [2.75, 3.05) is 13.1 Å². The Hall–Kier alpha value is -2.15. The predicted molar refractivity (Wildman–Crippen MR) is 90.0 cm³/mol. The van der Waals surface area contributed by atoms with E-state index >= 15 is 0 Å². The van der Waals surface area contributed by atoms with Gasteiger partial charge in [-0.3, -0.25) is 19.7 Å². The molecule has 8 heteroatoms. The van der Waals surface area contributed by atoms with E-state index in [9.17, 15) is 19.7 Å². The summed E-state index contributed by atoms with van der Waals surface area (Å²) in [5, 5.41) is 13.4. The van der Waals surface area contributed by atoms with Crippen molar-refractivity contribution in [3.05, 3.63) is 38.9 Å². The van der Waals surface area contributed by atoms with Crippen molar-refractivity contribution < 1.29 is 14.5 Å². The normalized spacial score (nSPS) is 15.4. The van der Waals surface area contributed by atoms with E-state index in [-0.39, 0.29) is 28.1 Å². The van der Waals surface area contributed by atoms with Crippen molar-refractivity contribution in [1.82, 2.24) is 10.2 Å². The number of hydrogen-bond acceptors (Lipinski definition) is 4. The zero-order valence-corrected chi connectivity index (χ0v) is 14.4. The maximum Gasteiger partial charge on any atom is 0.270 e. The Morgan fingerprint density at radius 1 is 1.29 bits per heavy atom. The molecule has 2 amide bonds. The maximum atomic E-state index is 12.6. The van der Waals surface area contributed by atoms with Gasteiger partial charge in [0.05, 0.1) is 15.5 Å². The lowest BCUT2D eigenvalue weighted by atomic mass is 10.0. The van der Waals surface area contributed by atoms with Crippen molar-refractivity contribution in [2.45, 2.75) is 32.7 Å². The predicted octanol–water partition coefficient (Wildman–Crippen LogP) is 2.63. The molecular formula is C16H20ClN3O4. The van der Waals surface area contributed by atoms with E-state index in [1.807, 2.05) is 13.8 Å². The summed E-state index contributed by atoms with van der Waals surface area (Å²) < 4.78 is 0. The minimum absolute atomic E-state index is 0.0159. The molecule has 1 aromatic rings. The fourth-order valence-electron chi connectivity index (χ4n) is 2.67. The summed E-state index contributed by atoms with van der Waals surface area (Å²) in [6.07, 6.45) is 1.94. The number of nitrogens with zero attached hydrogens (tertiary/aromatic N) is 2. The first-order valence-electron chi connectivity index (χ1n) is 7.85. The molecule has 1 fully saturated rings. The van der Waals surface area contributed by atoms with Gasteiger partial charge in [0.25, 0.3) is 11.6 Å². The molecule has 1 N–H and O–H groups in total. The first kappa shape index (κ1) is 18.2. The number of nitrogens with one attached hydrogen (secondary N) is 1. The van der Waals surface area contributed by atoms with Crippen LogP contribution in [0.2, 0.25) is 5.02 Å². The number of likely N-dealkylation sites (tertiary alicyclic amines) is 1. The summed E-state index contributed by atoms with van der Waals surface area (Å²) in [6, 6.07) is 2.99. The Morgan fingerprint density at radius 3 is 2.42 bits per heavy atom. The van der Waals surface area contributed by atoms with Gasteiger partial charge in [0.1, 0.15) is 6.04 Å². The molecule has 1 aliphatic heterocycles. The van der Waals surface area contributed by atoms with Crippen LogP contribution in [-0.2, 0) is 4.79 Å². The molecule has 0 bridgehead atoms. The molecule has 0 aliphatic carbocycles. The number of carbonyl (C=O) groups is 2. The number of non-ortho nitro benzene ring substituents is 1. The highest BCUT2D eigenvalue weighted by atomic mass is 35.5. The van der Waals surface area contributed by atoms with E-state index in [0.29, 0.717) is 13.1 Å². The first-order valence-corrected chi connectivity index (χ1v) is 8.22. The number of carbonyl (C=O) groups excluding carboxylic acids is 2. The van der Waals surface area contributed by atoms with Gasteiger partial charge in [-0.1, -0.05) is 25.4 Å². The second-order valence-electron chi connectivity index (χ2n) is 6.15. The summed E-state index contributed by atoms with van der Waals surface area (Å²) in [6.45, 7) is 5.12. The van der Waals surface area contributed by atoms with E-state index in [1.165, 1.54) is 12.1 Å². The summed E-state index contributed by atoms with van der Waals surface area (Å²) in [5.74, 6) is -0.700. The highest BCUT2D eigenvalue weighted by molar-refractivity contribution is 6.34. The third kappa shape index (κ3) is 4.03. The summed E-state index contributed by atoms with van der Waals surface area (Å²) in [5.41, 5.74) is -0.0766. The van der Waals surface area contributed by atoms with Crippen LogP contribution in [0.4, 0.5) is 5.69 Å². The topological polar surface area (TPSA) is 92.5 Å². The van der Waals surface area contributed by atoms with Gasteiger partial charge in [0.2, 0.25) is 5.91 Å². The van der Waals surface area contributed by atoms with E-state index in [1.54, 1.807) is 4.90 Å². The van der Waals surface area contributed by atoms with E-state index < -0.39 is 16.9 Å². The SMILES string of the molecule is CC(C)[C@@H](NC(=O)c1ccc([N+](=O)[O-])cc1Cl)C(=O)N1CCCC1. The van der Waals surface area contributed by atoms with Crippen molar-refractivity contribution in [3.63, 3.8) is 0 Å². The largest absolute Gasteiger partial charge is 0.341 e. The van der Waals surface area contributed by atoms with Crippen molar-refractivity contribution in [1.29, 1.82) is 0 Å². The highest BCUT2D eigenvalue weighted by Crippen LogP contribution is 2.23. The van der Waals surface area contributed by atoms with Crippen LogP contribution in [0.1, 0.15) is 37.0 Å². The van der Waals surface area contributed by atoms with Gasteiger partial charge in [-0.15, -0.1) is 0 Å². The smallest absolute Gasteiger partial charge is 0.270 e. The molecule has 1 atom stereocenters. The minimum atomic E-state index is -0.651. The standard InChI is InChI=1S/C16H20ClN3O4/c1-10(2)14(16(22)19-7-3-4-8-19)18-15(21)12-6-5-11(20(23)24)9-13(12)17/h5-6,9-10,14H,3-4,7-8H2,1-2H3,(H,18,21)/t14-/m1/s1. The van der Waals surface area contributed by atoms with Gasteiger partial charge in [-0.2, -0.15) is 0 Å². The Kier molecular flexibility index (Phi) is 5.77. The van der Waals surface area contributed by atoms with Gasteiger partial charge in [0, 0.05) is 25.2 Å². The van der Waals surface area contributed by atoms with Crippen LogP contribution in [0, 0.1) is 16.0 Å². The van der Waals surface area contributed by atoms with Crippen molar-refractivity contribution in [2.24, 2.45) is 5.92 Å². The number of amides is 2. The van der Waals surface area contributed by atoms with E-state index in [4.69, 9.17) is 11.6 Å². The lowest BCUT2D eigenvalue weighted by molar-refractivity contribution is -0.384. The number of nitro benzene ring substituents is 1. The molecule has 130 valence electrons. The molecule has 24 heavy (non-hydrogen) atoms. The van der Waals surface area contributed by atoms with Crippen LogP contribution in [0.5, 0.6) is 0 Å². The molecule has 1 aromatic carbocycles. The van der Waals surface area contributed by atoms with Crippen molar-refractivity contribution in [3.8, 4) is 0 Å². The van der Waals surface area contributed by atoms with Gasteiger partial charge in [0.15, 0.2) is 0 Å². The Balaban J connectivity index is 2.16. The average molecular weight is 354 g/mol. The first-order chi connectivity index (χ1) is 11.3. The fourth-order valence-corrected chi connectivity index (χ4v) is 2.93. The Bertz CT molecular complexity index is 657. The van der Waals surface area contributed by atoms with Crippen LogP contribution >= 0.6 is 11.6 Å². The maximum absolute atomic E-state index is 12.6. The van der Waals surface area contributed by atoms with Crippen LogP contribution in [0.25, 0.3) is 0 Å². The summed E-state index contributed by atoms with van der Waals surface area (Å²) in [7, 11) is 0. The monoisotopic (exact) mass is 353 g/mol. The minimum Gasteiger partial charge on any atom is -0.341 e. The zero-order chi connectivity index (χ0) is 17.9. The number of nitro groups is 1. The van der Waals surface area contributed by atoms with E-state index in [0.717, 1.165) is 18.9 Å². The average Bonchev–Trinajstić information content (AvgIpc) is 3.05. The highest BCUT2D eigenvalue weighted by Gasteiger charge is 2.30. The quantitative estimate of drug-likeness (QED) is 0.650. The molecule has 0 radical (unpaired) electrons. The third-order valence-electron chi connectivity index (χ3n) is 4.05. The molecule has 0 unspecified atom stereocenters. The Labute approximate surface area is 145 Å². The summed E-state index contributed by atoms with van der Waals surface area (Å²) in [4.78, 5) is 36.9. The second-order valence-corrected chi connectivity index (χ2v) is 6.56.